The van der Waals surface area contributed by atoms with Crippen LogP contribution in [0.1, 0.15) is 47.2 Å². The van der Waals surface area contributed by atoms with Crippen molar-refractivity contribution in [3.63, 3.8) is 0 Å². The van der Waals surface area contributed by atoms with Crippen LogP contribution in [0.25, 0.3) is 0 Å². The molecule has 1 aliphatic heterocycles. The molecule has 188 valence electrons. The van der Waals surface area contributed by atoms with Gasteiger partial charge in [-0.25, -0.2) is 13.8 Å². The van der Waals surface area contributed by atoms with E-state index in [9.17, 15) is 23.5 Å². The molecule has 0 unspecified atom stereocenters. The third-order valence-corrected chi connectivity index (χ3v) is 6.94. The maximum Gasteiger partial charge on any atom is 0.251 e. The number of nitrogens with one attached hydrogen (secondary N) is 2. The highest BCUT2D eigenvalue weighted by molar-refractivity contribution is 5.96. The number of halogens is 2. The normalized spacial score (nSPS) is 22.8. The largest absolute Gasteiger partial charge is 0.481 e. The SMILES string of the molecule is COc1ccc(C2(O)CCC(N3CC(NC(=O)CNC(=O)c4cc(C)c(F)c(F)c4)C3)CC2)cn1. The molecule has 2 amide bonds. The maximum absolute atomic E-state index is 13.5. The van der Waals surface area contributed by atoms with E-state index in [0.717, 1.165) is 24.5 Å². The van der Waals surface area contributed by atoms with Crippen LogP contribution >= 0.6 is 0 Å². The van der Waals surface area contributed by atoms with E-state index in [0.29, 0.717) is 37.9 Å². The number of aliphatic hydroxyl groups is 1. The molecule has 0 radical (unpaired) electrons. The molecule has 8 nitrogen and oxygen atoms in total. The lowest BCUT2D eigenvalue weighted by molar-refractivity contribution is -0.122. The van der Waals surface area contributed by atoms with Crippen LogP contribution in [0.2, 0.25) is 0 Å². The Bertz CT molecular complexity index is 1060. The average Bonchev–Trinajstić information content (AvgIpc) is 2.83. The highest BCUT2D eigenvalue weighted by atomic mass is 19.2. The van der Waals surface area contributed by atoms with E-state index < -0.39 is 23.1 Å². The van der Waals surface area contributed by atoms with Crippen molar-refractivity contribution >= 4 is 11.8 Å². The van der Waals surface area contributed by atoms with Gasteiger partial charge in [-0.1, -0.05) is 0 Å². The van der Waals surface area contributed by atoms with Crippen molar-refractivity contribution in [3.05, 3.63) is 58.8 Å². The zero-order valence-electron chi connectivity index (χ0n) is 19.8. The number of carbonyl (C=O) groups is 2. The first-order valence-corrected chi connectivity index (χ1v) is 11.7. The minimum Gasteiger partial charge on any atom is -0.481 e. The first-order valence-electron chi connectivity index (χ1n) is 11.7. The minimum absolute atomic E-state index is 0.0171. The molecule has 10 heteroatoms. The van der Waals surface area contributed by atoms with Gasteiger partial charge in [0.2, 0.25) is 11.8 Å². The summed E-state index contributed by atoms with van der Waals surface area (Å²) in [5.74, 6) is -2.56. The van der Waals surface area contributed by atoms with Crippen molar-refractivity contribution in [1.82, 2.24) is 20.5 Å². The molecule has 1 aromatic carbocycles. The lowest BCUT2D eigenvalue weighted by atomic mass is 9.77. The molecule has 2 heterocycles. The van der Waals surface area contributed by atoms with Gasteiger partial charge in [-0.05, 0) is 56.4 Å². The second-order valence-electron chi connectivity index (χ2n) is 9.34. The fourth-order valence-corrected chi connectivity index (χ4v) is 4.81. The van der Waals surface area contributed by atoms with Gasteiger partial charge in [-0.2, -0.15) is 0 Å². The van der Waals surface area contributed by atoms with Gasteiger partial charge in [0.1, 0.15) is 0 Å². The molecule has 2 fully saturated rings. The Morgan fingerprint density at radius 2 is 1.94 bits per heavy atom. The summed E-state index contributed by atoms with van der Waals surface area (Å²) in [6.45, 7) is 2.53. The second kappa shape index (κ2) is 10.2. The van der Waals surface area contributed by atoms with Crippen LogP contribution in [0.15, 0.2) is 30.5 Å². The van der Waals surface area contributed by atoms with Gasteiger partial charge in [0.15, 0.2) is 11.6 Å². The summed E-state index contributed by atoms with van der Waals surface area (Å²) in [5, 5.41) is 16.4. The summed E-state index contributed by atoms with van der Waals surface area (Å²) in [5.41, 5.74) is -0.105. The van der Waals surface area contributed by atoms with Gasteiger partial charge in [-0.3, -0.25) is 14.5 Å². The molecule has 35 heavy (non-hydrogen) atoms. The maximum atomic E-state index is 13.5. The van der Waals surface area contributed by atoms with Crippen LogP contribution in [-0.4, -0.2) is 65.6 Å². The van der Waals surface area contributed by atoms with Crippen LogP contribution < -0.4 is 15.4 Å². The Balaban J connectivity index is 1.18. The molecule has 1 saturated carbocycles. The molecule has 0 atom stereocenters. The summed E-state index contributed by atoms with van der Waals surface area (Å²) in [6, 6.07) is 5.99. The van der Waals surface area contributed by atoms with Crippen LogP contribution in [0.5, 0.6) is 5.88 Å². The fourth-order valence-electron chi connectivity index (χ4n) is 4.81. The predicted molar refractivity (Wildman–Crippen MR) is 124 cm³/mol. The third kappa shape index (κ3) is 5.59. The van der Waals surface area contributed by atoms with Crippen molar-refractivity contribution in [2.75, 3.05) is 26.7 Å². The number of pyridine rings is 1. The molecule has 0 spiro atoms. The van der Waals surface area contributed by atoms with Gasteiger partial charge < -0.3 is 20.5 Å². The number of rotatable bonds is 7. The van der Waals surface area contributed by atoms with E-state index in [2.05, 4.69) is 20.5 Å². The molecule has 4 rings (SSSR count). The summed E-state index contributed by atoms with van der Waals surface area (Å²) in [7, 11) is 1.55. The standard InChI is InChI=1S/C25H30F2N4O4/c1-15-9-16(10-20(26)23(15)27)24(33)29-12-21(32)30-18-13-31(14-18)19-5-7-25(34,8-6-19)17-3-4-22(35-2)28-11-17/h3-4,9-11,18-19,34H,5-8,12-14H2,1-2H3,(H,29,33)(H,30,32). The number of hydrogen-bond acceptors (Lipinski definition) is 6. The lowest BCUT2D eigenvalue weighted by Crippen LogP contribution is -2.63. The van der Waals surface area contributed by atoms with E-state index in [1.807, 2.05) is 6.07 Å². The molecular weight excluding hydrogens is 458 g/mol. The highest BCUT2D eigenvalue weighted by Crippen LogP contribution is 2.39. The first-order chi connectivity index (χ1) is 16.7. The number of amides is 2. The number of likely N-dealkylation sites (tertiary alicyclic amines) is 1. The molecule has 0 bridgehead atoms. The Kier molecular flexibility index (Phi) is 7.32. The number of nitrogens with zero attached hydrogens (tertiary/aromatic N) is 2. The first kappa shape index (κ1) is 25.0. The number of hydrogen-bond donors (Lipinski definition) is 3. The molecule has 3 N–H and O–H groups in total. The quantitative estimate of drug-likeness (QED) is 0.551. The molecule has 1 aromatic heterocycles. The zero-order valence-corrected chi connectivity index (χ0v) is 19.8. The fraction of sp³-hybridized carbons (Fsp3) is 0.480. The van der Waals surface area contributed by atoms with E-state index in [1.54, 1.807) is 19.4 Å². The number of carbonyl (C=O) groups excluding carboxylic acids is 2. The molecular formula is C25H30F2N4O4. The number of aromatic nitrogens is 1. The monoisotopic (exact) mass is 488 g/mol. The number of methoxy groups -OCH3 is 1. The van der Waals surface area contributed by atoms with Crippen molar-refractivity contribution in [2.24, 2.45) is 0 Å². The predicted octanol–water partition coefficient (Wildman–Crippen LogP) is 2.04. The van der Waals surface area contributed by atoms with Crippen LogP contribution in [0.3, 0.4) is 0 Å². The Morgan fingerprint density at radius 3 is 2.54 bits per heavy atom. The van der Waals surface area contributed by atoms with Crippen molar-refractivity contribution in [2.45, 2.75) is 50.3 Å². The minimum atomic E-state index is -1.10. The van der Waals surface area contributed by atoms with E-state index >= 15 is 0 Å². The highest BCUT2D eigenvalue weighted by Gasteiger charge is 2.40. The van der Waals surface area contributed by atoms with Gasteiger partial charge in [0.25, 0.3) is 5.91 Å². The smallest absolute Gasteiger partial charge is 0.251 e. The zero-order chi connectivity index (χ0) is 25.2. The van der Waals surface area contributed by atoms with Crippen LogP contribution in [0, 0.1) is 18.6 Å². The van der Waals surface area contributed by atoms with Crippen molar-refractivity contribution in [1.29, 1.82) is 0 Å². The third-order valence-electron chi connectivity index (χ3n) is 6.94. The van der Waals surface area contributed by atoms with Gasteiger partial charge in [-0.15, -0.1) is 0 Å². The Morgan fingerprint density at radius 1 is 1.23 bits per heavy atom. The van der Waals surface area contributed by atoms with Crippen molar-refractivity contribution < 1.29 is 28.2 Å². The number of benzene rings is 1. The average molecular weight is 489 g/mol. The van der Waals surface area contributed by atoms with Crippen molar-refractivity contribution in [3.8, 4) is 5.88 Å². The molecule has 1 saturated heterocycles. The summed E-state index contributed by atoms with van der Waals surface area (Å²) in [6.07, 6.45) is 4.62. The van der Waals surface area contributed by atoms with Crippen LogP contribution in [0.4, 0.5) is 8.78 Å². The molecule has 1 aliphatic carbocycles. The Hall–Kier alpha value is -3.11. The van der Waals surface area contributed by atoms with Crippen LogP contribution in [-0.2, 0) is 10.4 Å². The number of ether oxygens (including phenoxy) is 1. The van der Waals surface area contributed by atoms with E-state index in [1.165, 1.54) is 13.0 Å². The van der Waals surface area contributed by atoms with E-state index in [4.69, 9.17) is 4.74 Å². The summed E-state index contributed by atoms with van der Waals surface area (Å²) < 4.78 is 32.0. The van der Waals surface area contributed by atoms with Gasteiger partial charge >= 0.3 is 0 Å². The molecule has 2 aromatic rings. The lowest BCUT2D eigenvalue weighted by Gasteiger charge is -2.48. The summed E-state index contributed by atoms with van der Waals surface area (Å²) in [4.78, 5) is 30.9. The van der Waals surface area contributed by atoms with Gasteiger partial charge in [0.05, 0.1) is 25.3 Å². The molecule has 2 aliphatic rings. The van der Waals surface area contributed by atoms with Gasteiger partial charge in [0, 0.05) is 42.5 Å². The Labute approximate surface area is 202 Å². The topological polar surface area (TPSA) is 104 Å². The van der Waals surface area contributed by atoms with E-state index in [-0.39, 0.29) is 29.6 Å². The second-order valence-corrected chi connectivity index (χ2v) is 9.34. The number of aryl methyl sites for hydroxylation is 1. The summed E-state index contributed by atoms with van der Waals surface area (Å²) >= 11 is 0.